The van der Waals surface area contributed by atoms with E-state index in [-0.39, 0.29) is 11.9 Å². The van der Waals surface area contributed by atoms with Crippen LogP contribution in [0.1, 0.15) is 37.7 Å². The molecule has 1 unspecified atom stereocenters. The molecule has 1 fully saturated rings. The first-order chi connectivity index (χ1) is 15.3. The largest absolute Gasteiger partial charge is 0.477 e. The van der Waals surface area contributed by atoms with Crippen LogP contribution in [0.2, 0.25) is 0 Å². The van der Waals surface area contributed by atoms with Crippen LogP contribution in [-0.4, -0.2) is 39.6 Å². The highest BCUT2D eigenvalue weighted by Crippen LogP contribution is 2.34. The third-order valence-electron chi connectivity index (χ3n) is 6.06. The van der Waals surface area contributed by atoms with Crippen molar-refractivity contribution in [1.29, 1.82) is 0 Å². The van der Waals surface area contributed by atoms with Crippen LogP contribution < -0.4 is 15.0 Å². The molecule has 0 spiro atoms. The number of carbonyl (C=O) groups excluding carboxylic acids is 1. The molecule has 7 heteroatoms. The molecule has 2 aliphatic rings. The lowest BCUT2D eigenvalue weighted by molar-refractivity contribution is -0.128. The van der Waals surface area contributed by atoms with E-state index in [1.807, 2.05) is 36.4 Å². The average molecular weight is 418 g/mol. The molecule has 31 heavy (non-hydrogen) atoms. The number of ether oxygens (including phenoxy) is 1. The number of para-hydroxylation sites is 2. The number of hydrogen-bond acceptors (Lipinski definition) is 5. The molecular formula is C24H27N5O2. The van der Waals surface area contributed by atoms with Crippen LogP contribution in [0.25, 0.3) is 5.69 Å². The normalized spacial score (nSPS) is 18.8. The van der Waals surface area contributed by atoms with Gasteiger partial charge in [-0.25, -0.2) is 0 Å². The third-order valence-corrected chi connectivity index (χ3v) is 6.06. The summed E-state index contributed by atoms with van der Waals surface area (Å²) in [5.74, 6) is 0.751. The molecule has 0 saturated heterocycles. The molecule has 160 valence electrons. The van der Waals surface area contributed by atoms with Crippen molar-refractivity contribution in [2.45, 2.75) is 50.8 Å². The first kappa shape index (κ1) is 19.6. The molecule has 1 aliphatic carbocycles. The van der Waals surface area contributed by atoms with Crippen molar-refractivity contribution in [3.8, 4) is 11.4 Å². The van der Waals surface area contributed by atoms with E-state index in [0.29, 0.717) is 13.1 Å². The summed E-state index contributed by atoms with van der Waals surface area (Å²) in [5, 5.41) is 11.6. The summed E-state index contributed by atoms with van der Waals surface area (Å²) in [5.41, 5.74) is 3.09. The van der Waals surface area contributed by atoms with Crippen LogP contribution in [0.3, 0.4) is 0 Å². The predicted molar refractivity (Wildman–Crippen MR) is 118 cm³/mol. The Bertz CT molecular complexity index is 1010. The molecule has 2 aromatic carbocycles. The zero-order valence-corrected chi connectivity index (χ0v) is 17.5. The maximum Gasteiger partial charge on any atom is 0.263 e. The maximum absolute atomic E-state index is 13.0. The smallest absolute Gasteiger partial charge is 0.263 e. The van der Waals surface area contributed by atoms with E-state index in [4.69, 9.17) is 4.74 Å². The van der Waals surface area contributed by atoms with E-state index in [1.165, 1.54) is 19.3 Å². The Hall–Kier alpha value is -3.35. The zero-order valence-electron chi connectivity index (χ0n) is 17.5. The zero-order chi connectivity index (χ0) is 21.0. The summed E-state index contributed by atoms with van der Waals surface area (Å²) < 4.78 is 6.10. The molecule has 0 radical (unpaired) electrons. The molecule has 1 N–H and O–H groups in total. The molecule has 1 atom stereocenters. The predicted octanol–water partition coefficient (Wildman–Crippen LogP) is 3.48. The van der Waals surface area contributed by atoms with E-state index >= 15 is 0 Å². The van der Waals surface area contributed by atoms with Crippen molar-refractivity contribution in [2.75, 3.05) is 11.4 Å². The standard InChI is InChI=1S/C24H27N5O2/c30-24(27-19-6-2-1-3-7-19)23-17-28(21-8-4-5-9-22(21)31-23)16-18-10-12-20(13-11-18)29-25-14-15-26-29/h4-5,8-15,19,23H,1-3,6-7,16-17H2,(H,27,30). The van der Waals surface area contributed by atoms with Gasteiger partial charge in [0.25, 0.3) is 5.91 Å². The minimum atomic E-state index is -0.510. The lowest BCUT2D eigenvalue weighted by Crippen LogP contribution is -2.51. The Morgan fingerprint density at radius 3 is 2.52 bits per heavy atom. The molecule has 1 aromatic heterocycles. The number of amides is 1. The molecule has 1 aliphatic heterocycles. The highest BCUT2D eigenvalue weighted by molar-refractivity contribution is 5.83. The van der Waals surface area contributed by atoms with Gasteiger partial charge < -0.3 is 15.0 Å². The number of nitrogens with zero attached hydrogens (tertiary/aromatic N) is 4. The summed E-state index contributed by atoms with van der Waals surface area (Å²) in [6.07, 6.45) is 8.60. The molecule has 1 saturated carbocycles. The fourth-order valence-corrected chi connectivity index (χ4v) is 4.44. The summed E-state index contributed by atoms with van der Waals surface area (Å²) >= 11 is 0. The van der Waals surface area contributed by atoms with Crippen molar-refractivity contribution in [2.24, 2.45) is 0 Å². The molecular weight excluding hydrogens is 390 g/mol. The first-order valence-electron chi connectivity index (χ1n) is 11.0. The number of nitrogens with one attached hydrogen (secondary N) is 1. The number of benzene rings is 2. The van der Waals surface area contributed by atoms with Crippen molar-refractivity contribution in [3.05, 3.63) is 66.5 Å². The highest BCUT2D eigenvalue weighted by Gasteiger charge is 2.32. The summed E-state index contributed by atoms with van der Waals surface area (Å²) in [6, 6.07) is 16.4. The van der Waals surface area contributed by atoms with E-state index in [0.717, 1.165) is 35.5 Å². The Kier molecular flexibility index (Phi) is 5.56. The van der Waals surface area contributed by atoms with Crippen LogP contribution in [-0.2, 0) is 11.3 Å². The van der Waals surface area contributed by atoms with E-state index < -0.39 is 6.10 Å². The van der Waals surface area contributed by atoms with E-state index in [9.17, 15) is 4.79 Å². The molecule has 0 bridgehead atoms. The minimum absolute atomic E-state index is 0.00786. The Morgan fingerprint density at radius 2 is 1.74 bits per heavy atom. The van der Waals surface area contributed by atoms with Crippen molar-refractivity contribution in [3.63, 3.8) is 0 Å². The van der Waals surface area contributed by atoms with E-state index in [2.05, 4.69) is 32.5 Å². The topological polar surface area (TPSA) is 72.3 Å². The highest BCUT2D eigenvalue weighted by atomic mass is 16.5. The van der Waals surface area contributed by atoms with Gasteiger partial charge in [-0.05, 0) is 42.7 Å². The van der Waals surface area contributed by atoms with Crippen LogP contribution >= 0.6 is 0 Å². The summed E-state index contributed by atoms with van der Waals surface area (Å²) in [7, 11) is 0. The van der Waals surface area contributed by atoms with Crippen LogP contribution in [0.4, 0.5) is 5.69 Å². The minimum Gasteiger partial charge on any atom is -0.477 e. The number of aromatic nitrogens is 3. The van der Waals surface area contributed by atoms with Gasteiger partial charge >= 0.3 is 0 Å². The van der Waals surface area contributed by atoms with Gasteiger partial charge in [0.15, 0.2) is 6.10 Å². The Morgan fingerprint density at radius 1 is 1.00 bits per heavy atom. The van der Waals surface area contributed by atoms with Crippen LogP contribution in [0.5, 0.6) is 5.75 Å². The van der Waals surface area contributed by atoms with Gasteiger partial charge in [-0.2, -0.15) is 15.0 Å². The van der Waals surface area contributed by atoms with Gasteiger partial charge in [0.05, 0.1) is 30.3 Å². The number of rotatable bonds is 5. The van der Waals surface area contributed by atoms with Crippen LogP contribution in [0, 0.1) is 0 Å². The summed E-state index contributed by atoms with van der Waals surface area (Å²) in [6.45, 7) is 1.22. The fourth-order valence-electron chi connectivity index (χ4n) is 4.44. The monoisotopic (exact) mass is 417 g/mol. The Balaban J connectivity index is 1.31. The van der Waals surface area contributed by atoms with Gasteiger partial charge in [-0.1, -0.05) is 43.5 Å². The first-order valence-corrected chi connectivity index (χ1v) is 11.0. The SMILES string of the molecule is O=C(NC1CCCCC1)C1CN(Cc2ccc(-n3nccn3)cc2)c2ccccc2O1. The van der Waals surface area contributed by atoms with Crippen molar-refractivity contribution in [1.82, 2.24) is 20.3 Å². The van der Waals surface area contributed by atoms with Gasteiger partial charge in [-0.15, -0.1) is 0 Å². The third kappa shape index (κ3) is 4.40. The number of carbonyl (C=O) groups is 1. The van der Waals surface area contributed by atoms with Crippen LogP contribution in [0.15, 0.2) is 60.9 Å². The molecule has 1 amide bonds. The molecule has 3 aromatic rings. The maximum atomic E-state index is 13.0. The summed E-state index contributed by atoms with van der Waals surface area (Å²) in [4.78, 5) is 16.8. The second kappa shape index (κ2) is 8.79. The lowest BCUT2D eigenvalue weighted by Gasteiger charge is -2.36. The van der Waals surface area contributed by atoms with E-state index in [1.54, 1.807) is 17.2 Å². The second-order valence-corrected chi connectivity index (χ2v) is 8.28. The number of hydrogen-bond donors (Lipinski definition) is 1. The van der Waals surface area contributed by atoms with Crippen molar-refractivity contribution < 1.29 is 9.53 Å². The quantitative estimate of drug-likeness (QED) is 0.688. The van der Waals surface area contributed by atoms with Gasteiger partial charge in [-0.3, -0.25) is 4.79 Å². The average Bonchev–Trinajstić information content (AvgIpc) is 3.35. The molecule has 2 heterocycles. The van der Waals surface area contributed by atoms with Gasteiger partial charge in [0, 0.05) is 12.6 Å². The second-order valence-electron chi connectivity index (χ2n) is 8.28. The Labute approximate surface area is 182 Å². The molecule has 7 nitrogen and oxygen atoms in total. The number of fused-ring (bicyclic) bond motifs is 1. The van der Waals surface area contributed by atoms with Gasteiger partial charge in [0.2, 0.25) is 0 Å². The lowest BCUT2D eigenvalue weighted by atomic mass is 9.95. The molecule has 5 rings (SSSR count). The number of anilines is 1. The fraction of sp³-hybridized carbons (Fsp3) is 0.375. The van der Waals surface area contributed by atoms with Gasteiger partial charge in [0.1, 0.15) is 5.75 Å². The van der Waals surface area contributed by atoms with Crippen molar-refractivity contribution >= 4 is 11.6 Å².